The molecule has 20 heavy (non-hydrogen) atoms. The highest BCUT2D eigenvalue weighted by Gasteiger charge is 2.04. The summed E-state index contributed by atoms with van der Waals surface area (Å²) in [6, 6.07) is 0. The van der Waals surface area contributed by atoms with Gasteiger partial charge in [0, 0.05) is 13.1 Å². The molecule has 2 unspecified atom stereocenters. The molecule has 4 N–H and O–H groups in total. The van der Waals surface area contributed by atoms with Crippen molar-refractivity contribution in [3.8, 4) is 0 Å². The number of hydrogen-bond donors (Lipinski definition) is 4. The molecular formula is C10H20N2O6S2. The third-order valence-electron chi connectivity index (χ3n) is 1.96. The zero-order valence-corrected chi connectivity index (χ0v) is 12.6. The van der Waals surface area contributed by atoms with Crippen molar-refractivity contribution in [1.29, 1.82) is 0 Å². The Morgan fingerprint density at radius 1 is 0.900 bits per heavy atom. The molecule has 0 amide bonds. The van der Waals surface area contributed by atoms with Gasteiger partial charge in [-0.2, -0.15) is 0 Å². The van der Waals surface area contributed by atoms with E-state index in [0.29, 0.717) is 13.1 Å². The van der Waals surface area contributed by atoms with Crippen molar-refractivity contribution < 1.29 is 27.0 Å². The molecule has 0 aliphatic carbocycles. The largest absolute Gasteiger partial charge is 0.381 e. The number of aliphatic hydroxyl groups excluding tert-OH is 2. The SMILES string of the molecule is C=C=S(=O)(CO)OCNCCNCOS(=O)(=C=C)CO. The van der Waals surface area contributed by atoms with Gasteiger partial charge in [0.25, 0.3) is 0 Å². The van der Waals surface area contributed by atoms with Crippen LogP contribution in [0.5, 0.6) is 0 Å². The number of rotatable bonds is 11. The fourth-order valence-corrected chi connectivity index (χ4v) is 1.89. The first-order chi connectivity index (χ1) is 9.45. The van der Waals surface area contributed by atoms with Gasteiger partial charge in [-0.15, -0.1) is 0 Å². The Labute approximate surface area is 119 Å². The third-order valence-corrected chi connectivity index (χ3v) is 4.52. The highest BCUT2D eigenvalue weighted by Crippen LogP contribution is 1.90. The Hall–Kier alpha value is -0.640. The lowest BCUT2D eigenvalue weighted by molar-refractivity contribution is 0.268. The summed E-state index contributed by atoms with van der Waals surface area (Å²) in [5, 5.41) is 27.4. The van der Waals surface area contributed by atoms with Crippen LogP contribution >= 0.6 is 0 Å². The van der Waals surface area contributed by atoms with E-state index in [1.165, 1.54) is 0 Å². The van der Waals surface area contributed by atoms with Crippen LogP contribution in [0, 0.1) is 0 Å². The molecule has 0 spiro atoms. The zero-order chi connectivity index (χ0) is 15.5. The lowest BCUT2D eigenvalue weighted by Crippen LogP contribution is -2.32. The van der Waals surface area contributed by atoms with Crippen LogP contribution in [0.2, 0.25) is 0 Å². The van der Waals surface area contributed by atoms with Crippen LogP contribution in [0.25, 0.3) is 0 Å². The lowest BCUT2D eigenvalue weighted by atomic mass is 10.6. The van der Waals surface area contributed by atoms with Gasteiger partial charge in [0.2, 0.25) is 0 Å². The fourth-order valence-electron chi connectivity index (χ4n) is 0.844. The topological polar surface area (TPSA) is 117 Å². The molecule has 10 heteroatoms. The second-order valence-electron chi connectivity index (χ2n) is 3.30. The summed E-state index contributed by atoms with van der Waals surface area (Å²) in [6.45, 7) is 7.16. The Morgan fingerprint density at radius 3 is 1.50 bits per heavy atom. The molecular weight excluding hydrogens is 308 g/mol. The monoisotopic (exact) mass is 328 g/mol. The van der Waals surface area contributed by atoms with Gasteiger partial charge in [-0.05, 0) is 23.2 Å². The van der Waals surface area contributed by atoms with Gasteiger partial charge < -0.3 is 10.2 Å². The van der Waals surface area contributed by atoms with E-state index in [2.05, 4.69) is 33.8 Å². The summed E-state index contributed by atoms with van der Waals surface area (Å²) in [4.78, 5) is 0. The van der Waals surface area contributed by atoms with Crippen LogP contribution in [0.1, 0.15) is 0 Å². The quantitative estimate of drug-likeness (QED) is 0.188. The fraction of sp³-hybridized carbons (Fsp3) is 0.600. The van der Waals surface area contributed by atoms with E-state index in [4.69, 9.17) is 18.6 Å². The molecule has 8 nitrogen and oxygen atoms in total. The molecule has 0 aromatic heterocycles. The van der Waals surface area contributed by atoms with Crippen molar-refractivity contribution in [3.05, 3.63) is 13.2 Å². The second kappa shape index (κ2) is 10.1. The maximum Gasteiger partial charge on any atom is 0.148 e. The summed E-state index contributed by atoms with van der Waals surface area (Å²) >= 11 is 0. The molecule has 118 valence electrons. The first kappa shape index (κ1) is 19.4. The van der Waals surface area contributed by atoms with Crippen molar-refractivity contribution in [1.82, 2.24) is 10.6 Å². The van der Waals surface area contributed by atoms with Crippen molar-refractivity contribution >= 4 is 29.7 Å². The molecule has 0 radical (unpaired) electrons. The van der Waals surface area contributed by atoms with E-state index in [9.17, 15) is 8.42 Å². The van der Waals surface area contributed by atoms with Crippen LogP contribution < -0.4 is 10.6 Å². The summed E-state index contributed by atoms with van der Waals surface area (Å²) in [5.74, 6) is -1.34. The Bertz CT molecular complexity index is 500. The third kappa shape index (κ3) is 7.83. The predicted molar refractivity (Wildman–Crippen MR) is 79.6 cm³/mol. The smallest absolute Gasteiger partial charge is 0.148 e. The van der Waals surface area contributed by atoms with Gasteiger partial charge in [0.15, 0.2) is 0 Å². The lowest BCUT2D eigenvalue weighted by Gasteiger charge is -2.10. The van der Waals surface area contributed by atoms with Gasteiger partial charge in [-0.3, -0.25) is 19.0 Å². The zero-order valence-electron chi connectivity index (χ0n) is 11.0. The molecule has 0 rings (SSSR count). The maximum absolute atomic E-state index is 11.4. The van der Waals surface area contributed by atoms with Gasteiger partial charge in [0.05, 0.1) is 0 Å². The average molecular weight is 328 g/mol. The van der Waals surface area contributed by atoms with Gasteiger partial charge in [-0.1, -0.05) is 0 Å². The maximum atomic E-state index is 11.4. The van der Waals surface area contributed by atoms with Crippen molar-refractivity contribution in [2.24, 2.45) is 0 Å². The first-order valence-electron chi connectivity index (χ1n) is 5.48. The summed E-state index contributed by atoms with van der Waals surface area (Å²) in [7, 11) is -5.97. The standard InChI is InChI=1S/C10H20N2O6S2/c1-3-19(15,9-13)17-7-11-5-6-12-8-18-20(16,4-2)10-14/h11-14H,1-2,5-10H2. The molecule has 0 saturated carbocycles. The van der Waals surface area contributed by atoms with Crippen LogP contribution in [0.4, 0.5) is 0 Å². The number of nitrogens with one attached hydrogen (secondary N) is 2. The Morgan fingerprint density at radius 2 is 1.25 bits per heavy atom. The van der Waals surface area contributed by atoms with Crippen LogP contribution in [0.15, 0.2) is 13.2 Å². The minimum atomic E-state index is -2.98. The van der Waals surface area contributed by atoms with Gasteiger partial charge in [-0.25, -0.2) is 8.42 Å². The number of aliphatic hydroxyl groups is 2. The van der Waals surface area contributed by atoms with E-state index in [1.54, 1.807) is 0 Å². The summed E-state index contributed by atoms with van der Waals surface area (Å²) in [5.41, 5.74) is 0. The van der Waals surface area contributed by atoms with Gasteiger partial charge in [0.1, 0.15) is 44.9 Å². The Balaban J connectivity index is 3.71. The van der Waals surface area contributed by atoms with Crippen LogP contribution in [-0.4, -0.2) is 67.1 Å². The van der Waals surface area contributed by atoms with Crippen LogP contribution in [0.3, 0.4) is 0 Å². The first-order valence-corrected chi connectivity index (χ1v) is 8.79. The van der Waals surface area contributed by atoms with Crippen molar-refractivity contribution in [3.63, 3.8) is 0 Å². The Kier molecular flexibility index (Phi) is 9.82. The molecule has 0 aromatic carbocycles. The molecule has 0 heterocycles. The minimum Gasteiger partial charge on any atom is -0.381 e. The predicted octanol–water partition coefficient (Wildman–Crippen LogP) is -2.41. The minimum absolute atomic E-state index is 0.0434. The molecule has 0 bridgehead atoms. The summed E-state index contributed by atoms with van der Waals surface area (Å²) in [6.07, 6.45) is 0. The molecule has 0 aliphatic heterocycles. The van der Waals surface area contributed by atoms with E-state index < -0.39 is 31.5 Å². The van der Waals surface area contributed by atoms with Crippen molar-refractivity contribution in [2.75, 3.05) is 38.4 Å². The average Bonchev–Trinajstić information content (AvgIpc) is 2.49. The number of hydrogen-bond acceptors (Lipinski definition) is 8. The molecule has 0 fully saturated rings. The van der Waals surface area contributed by atoms with Crippen molar-refractivity contribution in [2.45, 2.75) is 0 Å². The van der Waals surface area contributed by atoms with E-state index in [-0.39, 0.29) is 13.5 Å². The normalized spacial score (nSPS) is 16.7. The van der Waals surface area contributed by atoms with E-state index >= 15 is 0 Å². The second-order valence-corrected chi connectivity index (χ2v) is 7.32. The molecule has 0 aliphatic rings. The van der Waals surface area contributed by atoms with Gasteiger partial charge >= 0.3 is 0 Å². The van der Waals surface area contributed by atoms with E-state index in [0.717, 1.165) is 0 Å². The molecule has 2 atom stereocenters. The summed E-state index contributed by atoms with van der Waals surface area (Å²) < 4.78 is 32.6. The molecule has 0 aromatic rings. The van der Waals surface area contributed by atoms with E-state index in [1.807, 2.05) is 0 Å². The molecule has 0 saturated heterocycles. The highest BCUT2D eigenvalue weighted by atomic mass is 32.2. The van der Waals surface area contributed by atoms with Crippen LogP contribution in [-0.2, 0) is 28.0 Å². The highest BCUT2D eigenvalue weighted by molar-refractivity contribution is 7.96.